The minimum atomic E-state index is -1.43. The van der Waals surface area contributed by atoms with Gasteiger partial charge in [0.05, 0.1) is 12.6 Å². The van der Waals surface area contributed by atoms with Gasteiger partial charge in [0.2, 0.25) is 0 Å². The van der Waals surface area contributed by atoms with Crippen LogP contribution in [0.2, 0.25) is 0 Å². The summed E-state index contributed by atoms with van der Waals surface area (Å²) in [6, 6.07) is -0.738. The van der Waals surface area contributed by atoms with Crippen molar-refractivity contribution in [2.45, 2.75) is 43.9 Å². The number of hydrogen-bond acceptors (Lipinski definition) is 6. The van der Waals surface area contributed by atoms with Crippen LogP contribution in [0.4, 0.5) is 0 Å². The van der Waals surface area contributed by atoms with Gasteiger partial charge in [-0.25, -0.2) is 0 Å². The Bertz CT molecular complexity index is 203. The molecule has 0 spiro atoms. The number of rotatable bonds is 3. The van der Waals surface area contributed by atoms with Crippen LogP contribution in [0, 0.1) is 0 Å². The monoisotopic (exact) mass is 221 g/mol. The highest BCUT2D eigenvalue weighted by molar-refractivity contribution is 4.96. The number of aliphatic hydroxyl groups excluding tert-OH is 5. The fourth-order valence-corrected chi connectivity index (χ4v) is 1.96. The maximum Gasteiger partial charge on any atom is 0.136 e. The zero-order valence-corrected chi connectivity index (χ0v) is 8.69. The molecule has 1 heterocycles. The van der Waals surface area contributed by atoms with Crippen molar-refractivity contribution in [3.8, 4) is 0 Å². The van der Waals surface area contributed by atoms with Crippen LogP contribution in [-0.4, -0.2) is 74.2 Å². The summed E-state index contributed by atoms with van der Waals surface area (Å²) in [6.07, 6.45) is -4.62. The molecular weight excluding hydrogens is 202 g/mol. The first-order valence-electron chi connectivity index (χ1n) is 5.13. The van der Waals surface area contributed by atoms with Gasteiger partial charge in [-0.2, -0.15) is 0 Å². The summed E-state index contributed by atoms with van der Waals surface area (Å²) in [7, 11) is 0. The predicted octanol–water partition coefficient (Wildman–Crippen LogP) is -2.53. The number of hydrogen-bond donors (Lipinski definition) is 5. The summed E-state index contributed by atoms with van der Waals surface area (Å²) < 4.78 is 0. The standard InChI is InChI=1S/C9H19NO5/c1-2-3-10-5(4-11)6(12)7(13)8(14)9(10)15/h5-9,11-15H,2-4H2,1H3/t5-,6-,7+,8-,9?/m1/s1. The lowest BCUT2D eigenvalue weighted by atomic mass is 9.92. The van der Waals surface area contributed by atoms with Crippen LogP contribution in [0.3, 0.4) is 0 Å². The van der Waals surface area contributed by atoms with E-state index in [-0.39, 0.29) is 6.61 Å². The molecule has 0 saturated carbocycles. The van der Waals surface area contributed by atoms with Gasteiger partial charge in [0.1, 0.15) is 24.5 Å². The van der Waals surface area contributed by atoms with Crippen molar-refractivity contribution in [2.24, 2.45) is 0 Å². The summed E-state index contributed by atoms with van der Waals surface area (Å²) in [6.45, 7) is 1.94. The van der Waals surface area contributed by atoms with E-state index < -0.39 is 30.6 Å². The molecule has 0 aliphatic carbocycles. The zero-order chi connectivity index (χ0) is 11.6. The third kappa shape index (κ3) is 2.30. The van der Waals surface area contributed by atoms with E-state index in [0.29, 0.717) is 13.0 Å². The molecule has 0 aromatic rings. The van der Waals surface area contributed by atoms with Crippen molar-refractivity contribution in [1.29, 1.82) is 0 Å². The van der Waals surface area contributed by atoms with Gasteiger partial charge in [-0.1, -0.05) is 6.92 Å². The summed E-state index contributed by atoms with van der Waals surface area (Å²) in [5.41, 5.74) is 0. The quantitative estimate of drug-likeness (QED) is 0.360. The molecule has 6 heteroatoms. The number of aliphatic hydroxyl groups is 5. The minimum absolute atomic E-state index is 0.373. The van der Waals surface area contributed by atoms with Crippen LogP contribution in [0.1, 0.15) is 13.3 Å². The molecular formula is C9H19NO5. The number of nitrogens with zero attached hydrogens (tertiary/aromatic N) is 1. The maximum absolute atomic E-state index is 9.65. The highest BCUT2D eigenvalue weighted by Crippen LogP contribution is 2.23. The molecule has 90 valence electrons. The largest absolute Gasteiger partial charge is 0.395 e. The Hall–Kier alpha value is -0.240. The topological polar surface area (TPSA) is 104 Å². The third-order valence-electron chi connectivity index (χ3n) is 2.83. The summed E-state index contributed by atoms with van der Waals surface area (Å²) >= 11 is 0. The first-order valence-corrected chi connectivity index (χ1v) is 5.13. The van der Waals surface area contributed by atoms with Gasteiger partial charge in [0.25, 0.3) is 0 Å². The van der Waals surface area contributed by atoms with Crippen molar-refractivity contribution in [2.75, 3.05) is 13.2 Å². The molecule has 1 aliphatic rings. The Morgan fingerprint density at radius 2 is 1.60 bits per heavy atom. The molecule has 15 heavy (non-hydrogen) atoms. The maximum atomic E-state index is 9.65. The van der Waals surface area contributed by atoms with Crippen LogP contribution >= 0.6 is 0 Å². The lowest BCUT2D eigenvalue weighted by molar-refractivity contribution is -0.222. The van der Waals surface area contributed by atoms with Crippen molar-refractivity contribution < 1.29 is 25.5 Å². The van der Waals surface area contributed by atoms with Crippen LogP contribution in [0.25, 0.3) is 0 Å². The lowest BCUT2D eigenvalue weighted by Crippen LogP contribution is -2.67. The second-order valence-corrected chi connectivity index (χ2v) is 3.87. The Kier molecular flexibility index (Phi) is 4.45. The minimum Gasteiger partial charge on any atom is -0.395 e. The normalized spacial score (nSPS) is 43.2. The average molecular weight is 221 g/mol. The van der Waals surface area contributed by atoms with Crippen molar-refractivity contribution >= 4 is 0 Å². The number of likely N-dealkylation sites (tertiary alicyclic amines) is 1. The average Bonchev–Trinajstić information content (AvgIpc) is 2.24. The van der Waals surface area contributed by atoms with Crippen molar-refractivity contribution in [1.82, 2.24) is 4.90 Å². The van der Waals surface area contributed by atoms with Crippen molar-refractivity contribution in [3.05, 3.63) is 0 Å². The van der Waals surface area contributed by atoms with Gasteiger partial charge in [-0.05, 0) is 6.42 Å². The van der Waals surface area contributed by atoms with Gasteiger partial charge >= 0.3 is 0 Å². The molecule has 0 aromatic heterocycles. The second-order valence-electron chi connectivity index (χ2n) is 3.87. The highest BCUT2D eigenvalue weighted by Gasteiger charge is 2.46. The van der Waals surface area contributed by atoms with Gasteiger partial charge in [0, 0.05) is 6.54 Å². The molecule has 0 radical (unpaired) electrons. The molecule has 1 saturated heterocycles. The summed E-state index contributed by atoms with van der Waals surface area (Å²) in [4.78, 5) is 1.40. The summed E-state index contributed by atoms with van der Waals surface area (Å²) in [5.74, 6) is 0. The van der Waals surface area contributed by atoms with E-state index in [1.807, 2.05) is 6.92 Å². The smallest absolute Gasteiger partial charge is 0.136 e. The predicted molar refractivity (Wildman–Crippen MR) is 51.9 cm³/mol. The molecule has 0 aromatic carbocycles. The van der Waals surface area contributed by atoms with Gasteiger partial charge in [-0.15, -0.1) is 0 Å². The van der Waals surface area contributed by atoms with Gasteiger partial charge in [0.15, 0.2) is 0 Å². The first kappa shape index (κ1) is 12.8. The molecule has 0 bridgehead atoms. The van der Waals surface area contributed by atoms with E-state index in [1.165, 1.54) is 4.90 Å². The Labute approximate surface area is 88.4 Å². The zero-order valence-electron chi connectivity index (χ0n) is 8.69. The first-order chi connectivity index (χ1) is 7.04. The third-order valence-corrected chi connectivity index (χ3v) is 2.83. The molecule has 1 aliphatic heterocycles. The van der Waals surface area contributed by atoms with E-state index in [9.17, 15) is 20.4 Å². The fraction of sp³-hybridized carbons (Fsp3) is 1.00. The Balaban J connectivity index is 2.82. The van der Waals surface area contributed by atoms with Crippen LogP contribution < -0.4 is 0 Å². The lowest BCUT2D eigenvalue weighted by Gasteiger charge is -2.46. The molecule has 1 fully saturated rings. The van der Waals surface area contributed by atoms with Gasteiger partial charge in [-0.3, -0.25) is 4.90 Å². The van der Waals surface area contributed by atoms with Crippen LogP contribution in [0.5, 0.6) is 0 Å². The van der Waals surface area contributed by atoms with E-state index in [4.69, 9.17) is 5.11 Å². The van der Waals surface area contributed by atoms with Crippen LogP contribution in [0.15, 0.2) is 0 Å². The Morgan fingerprint density at radius 3 is 2.07 bits per heavy atom. The second kappa shape index (κ2) is 5.20. The van der Waals surface area contributed by atoms with E-state index >= 15 is 0 Å². The highest BCUT2D eigenvalue weighted by atomic mass is 16.4. The molecule has 0 amide bonds. The molecule has 5 atom stereocenters. The SMILES string of the molecule is CCCN1C(O)[C@H](O)[C@@H](O)[C@H](O)[C@H]1CO. The van der Waals surface area contributed by atoms with E-state index in [2.05, 4.69) is 0 Å². The van der Waals surface area contributed by atoms with Crippen molar-refractivity contribution in [3.63, 3.8) is 0 Å². The molecule has 6 nitrogen and oxygen atoms in total. The Morgan fingerprint density at radius 1 is 1.00 bits per heavy atom. The fourth-order valence-electron chi connectivity index (χ4n) is 1.96. The van der Waals surface area contributed by atoms with E-state index in [0.717, 1.165) is 0 Å². The molecule has 5 N–H and O–H groups in total. The van der Waals surface area contributed by atoms with Gasteiger partial charge < -0.3 is 25.5 Å². The molecule has 1 rings (SSSR count). The van der Waals surface area contributed by atoms with E-state index in [1.54, 1.807) is 0 Å². The summed E-state index contributed by atoms with van der Waals surface area (Å²) in [5, 5.41) is 47.2. The molecule has 1 unspecified atom stereocenters. The van der Waals surface area contributed by atoms with Crippen LogP contribution in [-0.2, 0) is 0 Å². The number of piperidine rings is 1.